The number of rotatable bonds is 11. The van der Waals surface area contributed by atoms with Crippen LogP contribution in [0.3, 0.4) is 0 Å². The highest BCUT2D eigenvalue weighted by atomic mass is 16.5. The van der Waals surface area contributed by atoms with Crippen LogP contribution in [0.4, 0.5) is 0 Å². The molecule has 5 N–H and O–H groups in total. The van der Waals surface area contributed by atoms with Gasteiger partial charge >= 0.3 is 5.97 Å². The molecule has 0 saturated heterocycles. The number of esters is 1. The molecule has 0 fully saturated rings. The van der Waals surface area contributed by atoms with Gasteiger partial charge in [-0.05, 0) is 73.2 Å². The first kappa shape index (κ1) is 27.9. The Bertz CT molecular complexity index is 1230. The van der Waals surface area contributed by atoms with Gasteiger partial charge in [-0.15, -0.1) is 0 Å². The Labute approximate surface area is 225 Å². The summed E-state index contributed by atoms with van der Waals surface area (Å²) in [6, 6.07) is 15.9. The number of carbonyl (C=O) groups is 2. The monoisotopic (exact) mass is 518 g/mol. The molecule has 4 unspecified atom stereocenters. The molecule has 204 valence electrons. The van der Waals surface area contributed by atoms with E-state index in [1.165, 1.54) is 23.8 Å². The van der Waals surface area contributed by atoms with Crippen molar-refractivity contribution in [2.45, 2.75) is 76.9 Å². The lowest BCUT2D eigenvalue weighted by Crippen LogP contribution is -2.54. The maximum absolute atomic E-state index is 13.5. The lowest BCUT2D eigenvalue weighted by Gasteiger charge is -2.35. The number of nitrogens with two attached hydrogens (primary N) is 1. The van der Waals surface area contributed by atoms with E-state index in [2.05, 4.69) is 72.8 Å². The third-order valence-corrected chi connectivity index (χ3v) is 7.79. The molecule has 0 spiro atoms. The Morgan fingerprint density at radius 2 is 1.82 bits per heavy atom. The minimum Gasteiger partial charge on any atom is -0.467 e. The normalized spacial score (nSPS) is 18.7. The van der Waals surface area contributed by atoms with Gasteiger partial charge < -0.3 is 20.8 Å². The van der Waals surface area contributed by atoms with Crippen LogP contribution in [-0.2, 0) is 27.2 Å². The van der Waals surface area contributed by atoms with E-state index in [0.717, 1.165) is 35.9 Å². The molecule has 3 aromatic rings. The number of benzene rings is 2. The summed E-state index contributed by atoms with van der Waals surface area (Å²) in [6.07, 6.45) is 3.47. The lowest BCUT2D eigenvalue weighted by atomic mass is 9.84. The maximum Gasteiger partial charge on any atom is 0.328 e. The fourth-order valence-corrected chi connectivity index (χ4v) is 5.57. The summed E-state index contributed by atoms with van der Waals surface area (Å²) in [5.41, 5.74) is 11.6. The van der Waals surface area contributed by atoms with Crippen LogP contribution in [0.15, 0.2) is 48.5 Å². The summed E-state index contributed by atoms with van der Waals surface area (Å²) in [5, 5.41) is 7.75. The molecule has 4 atom stereocenters. The van der Waals surface area contributed by atoms with Crippen LogP contribution in [-0.4, -0.2) is 42.6 Å². The molecular formula is C31H42N4O3. The number of unbranched alkanes of at least 4 members (excludes halogenated alkanes) is 1. The Morgan fingerprint density at radius 3 is 2.50 bits per heavy atom. The van der Waals surface area contributed by atoms with Crippen molar-refractivity contribution >= 4 is 22.8 Å². The average molecular weight is 519 g/mol. The zero-order valence-electron chi connectivity index (χ0n) is 23.1. The van der Waals surface area contributed by atoms with Crippen LogP contribution in [0.5, 0.6) is 0 Å². The van der Waals surface area contributed by atoms with Crippen molar-refractivity contribution < 1.29 is 14.3 Å². The summed E-state index contributed by atoms with van der Waals surface area (Å²) in [6.45, 7) is 7.19. The number of hydrogen-bond donors (Lipinski definition) is 4. The van der Waals surface area contributed by atoms with E-state index in [4.69, 9.17) is 10.5 Å². The molecule has 1 aliphatic heterocycles. The molecular weight excluding hydrogens is 476 g/mol. The van der Waals surface area contributed by atoms with Crippen molar-refractivity contribution in [1.29, 1.82) is 0 Å². The van der Waals surface area contributed by atoms with Crippen LogP contribution in [0, 0.1) is 5.92 Å². The highest BCUT2D eigenvalue weighted by Crippen LogP contribution is 2.36. The van der Waals surface area contributed by atoms with Gasteiger partial charge in [0.2, 0.25) is 5.91 Å². The molecule has 7 heteroatoms. The molecule has 7 nitrogen and oxygen atoms in total. The second kappa shape index (κ2) is 12.6. The number of ether oxygens (including phenoxy) is 1. The van der Waals surface area contributed by atoms with Crippen molar-refractivity contribution in [1.82, 2.24) is 15.6 Å². The summed E-state index contributed by atoms with van der Waals surface area (Å²) in [7, 11) is 1.35. The number of H-pyrrole nitrogens is 1. The first-order chi connectivity index (χ1) is 18.3. The first-order valence-electron chi connectivity index (χ1n) is 13.8. The molecule has 1 aliphatic rings. The predicted molar refractivity (Wildman–Crippen MR) is 152 cm³/mol. The number of amides is 1. The van der Waals surface area contributed by atoms with E-state index in [1.807, 2.05) is 12.1 Å². The van der Waals surface area contributed by atoms with Gasteiger partial charge in [-0.25, -0.2) is 4.79 Å². The van der Waals surface area contributed by atoms with Crippen molar-refractivity contribution in [3.05, 3.63) is 70.9 Å². The summed E-state index contributed by atoms with van der Waals surface area (Å²) < 4.78 is 4.97. The summed E-state index contributed by atoms with van der Waals surface area (Å²) in [5.74, 6) is 0.123. The molecule has 4 rings (SSSR count). The second-order valence-corrected chi connectivity index (χ2v) is 10.9. The smallest absolute Gasteiger partial charge is 0.328 e. The molecule has 2 heterocycles. The quantitative estimate of drug-likeness (QED) is 0.221. The Kier molecular flexibility index (Phi) is 9.23. The molecule has 0 aliphatic carbocycles. The fourth-order valence-electron chi connectivity index (χ4n) is 5.57. The van der Waals surface area contributed by atoms with Crippen LogP contribution in [0.25, 0.3) is 10.9 Å². The largest absolute Gasteiger partial charge is 0.467 e. The number of aromatic amines is 1. The number of methoxy groups -OCH3 is 1. The van der Waals surface area contributed by atoms with Gasteiger partial charge in [0.05, 0.1) is 19.2 Å². The highest BCUT2D eigenvalue weighted by Gasteiger charge is 2.37. The van der Waals surface area contributed by atoms with Gasteiger partial charge in [-0.1, -0.05) is 63.2 Å². The van der Waals surface area contributed by atoms with Gasteiger partial charge in [0.25, 0.3) is 0 Å². The van der Waals surface area contributed by atoms with E-state index >= 15 is 0 Å². The third-order valence-electron chi connectivity index (χ3n) is 7.79. The molecule has 0 radical (unpaired) electrons. The number of fused-ring (bicyclic) bond motifs is 3. The van der Waals surface area contributed by atoms with Crippen molar-refractivity contribution in [3.8, 4) is 0 Å². The fraction of sp³-hybridized carbons (Fsp3) is 0.484. The van der Waals surface area contributed by atoms with E-state index in [9.17, 15) is 9.59 Å². The van der Waals surface area contributed by atoms with E-state index in [0.29, 0.717) is 25.3 Å². The zero-order valence-corrected chi connectivity index (χ0v) is 23.1. The molecule has 0 bridgehead atoms. The molecule has 2 aromatic carbocycles. The first-order valence-corrected chi connectivity index (χ1v) is 13.8. The predicted octanol–water partition coefficient (Wildman–Crippen LogP) is 4.51. The van der Waals surface area contributed by atoms with Crippen molar-refractivity contribution in [2.75, 3.05) is 13.7 Å². The van der Waals surface area contributed by atoms with Gasteiger partial charge in [0.1, 0.15) is 6.04 Å². The lowest BCUT2D eigenvalue weighted by molar-refractivity contribution is -0.145. The third kappa shape index (κ3) is 6.27. The number of nitrogens with one attached hydrogen (secondary N) is 3. The number of hydrogen-bond acceptors (Lipinski definition) is 5. The molecule has 1 aromatic heterocycles. The maximum atomic E-state index is 13.5. The van der Waals surface area contributed by atoms with Crippen LogP contribution >= 0.6 is 0 Å². The SMILES string of the molecule is COC(=O)C(CCCCN)NC(=O)C1Cc2c([nH]c3ccccc23)C(C(C)Cc2ccc(C(C)C)cc2)N1. The van der Waals surface area contributed by atoms with Crippen molar-refractivity contribution in [3.63, 3.8) is 0 Å². The van der Waals surface area contributed by atoms with Crippen molar-refractivity contribution in [2.24, 2.45) is 11.7 Å². The summed E-state index contributed by atoms with van der Waals surface area (Å²) >= 11 is 0. The van der Waals surface area contributed by atoms with E-state index in [1.54, 1.807) is 0 Å². The minimum absolute atomic E-state index is 0.0412. The van der Waals surface area contributed by atoms with Crippen LogP contribution in [0.1, 0.15) is 74.4 Å². The number of para-hydroxylation sites is 1. The molecule has 1 amide bonds. The Morgan fingerprint density at radius 1 is 1.08 bits per heavy atom. The minimum atomic E-state index is -0.680. The van der Waals surface area contributed by atoms with E-state index < -0.39 is 18.1 Å². The van der Waals surface area contributed by atoms with Gasteiger partial charge in [0.15, 0.2) is 0 Å². The second-order valence-electron chi connectivity index (χ2n) is 10.9. The van der Waals surface area contributed by atoms with Crippen LogP contribution in [0.2, 0.25) is 0 Å². The average Bonchev–Trinajstić information content (AvgIpc) is 3.30. The Hall–Kier alpha value is -3.16. The standard InChI is InChI=1S/C31H42N4O3/c1-19(2)22-14-12-21(13-15-22)17-20(3)28-29-24(23-9-5-6-10-25(23)33-29)18-27(34-28)30(36)35-26(31(37)38-4)11-7-8-16-32/h5-6,9-10,12-15,19-20,26-28,33-34H,7-8,11,16-18,32H2,1-4H3,(H,35,36). The molecule has 0 saturated carbocycles. The zero-order chi connectivity index (χ0) is 27.2. The number of carbonyl (C=O) groups excluding carboxylic acids is 2. The van der Waals surface area contributed by atoms with Crippen LogP contribution < -0.4 is 16.4 Å². The van der Waals surface area contributed by atoms with E-state index in [-0.39, 0.29) is 17.9 Å². The Balaban J connectivity index is 1.58. The highest BCUT2D eigenvalue weighted by molar-refractivity contribution is 5.90. The number of aromatic nitrogens is 1. The molecule has 38 heavy (non-hydrogen) atoms. The topological polar surface area (TPSA) is 109 Å². The summed E-state index contributed by atoms with van der Waals surface area (Å²) in [4.78, 5) is 29.6. The van der Waals surface area contributed by atoms with Gasteiger partial charge in [0, 0.05) is 16.6 Å². The van der Waals surface area contributed by atoms with Gasteiger partial charge in [-0.2, -0.15) is 0 Å². The van der Waals surface area contributed by atoms with Gasteiger partial charge in [-0.3, -0.25) is 10.1 Å².